The van der Waals surface area contributed by atoms with E-state index < -0.39 is 0 Å². The maximum absolute atomic E-state index is 11.6. The molecule has 0 aliphatic rings. The lowest BCUT2D eigenvalue weighted by Crippen LogP contribution is -2.42. The molecule has 0 saturated carbocycles. The quantitative estimate of drug-likeness (QED) is 0.593. The van der Waals surface area contributed by atoms with Crippen LogP contribution in [0.4, 0.5) is 0 Å². The summed E-state index contributed by atoms with van der Waals surface area (Å²) in [6, 6.07) is 0.489. The Bertz CT molecular complexity index is 174. The molecule has 0 N–H and O–H groups in total. The molecule has 0 rings (SSSR count). The van der Waals surface area contributed by atoms with E-state index in [9.17, 15) is 4.79 Å². The van der Waals surface area contributed by atoms with Gasteiger partial charge in [0.1, 0.15) is 0 Å². The van der Waals surface area contributed by atoms with Gasteiger partial charge in [-0.2, -0.15) is 0 Å². The molecule has 0 aromatic carbocycles. The molecule has 1 amide bonds. The molecule has 0 fully saturated rings. The first-order chi connectivity index (χ1) is 5.37. The number of carbonyl (C=O) groups is 1. The third-order valence-electron chi connectivity index (χ3n) is 1.71. The first-order valence-electron chi connectivity index (χ1n) is 4.36. The van der Waals surface area contributed by atoms with Gasteiger partial charge in [0.25, 0.3) is 0 Å². The number of hydrogen-bond acceptors (Lipinski definition) is 1. The predicted molar refractivity (Wildman–Crippen MR) is 51.9 cm³/mol. The van der Waals surface area contributed by atoms with Gasteiger partial charge in [-0.25, -0.2) is 0 Å². The smallest absolute Gasteiger partial charge is 0.249 e. The molecule has 0 aromatic rings. The van der Waals surface area contributed by atoms with E-state index in [1.165, 1.54) is 0 Å². The van der Waals surface area contributed by atoms with E-state index in [0.29, 0.717) is 5.57 Å². The van der Waals surface area contributed by atoms with Crippen LogP contribution in [0.5, 0.6) is 0 Å². The van der Waals surface area contributed by atoms with Crippen molar-refractivity contribution in [3.63, 3.8) is 0 Å². The molecular weight excluding hydrogens is 150 g/mol. The number of amides is 1. The minimum absolute atomic E-state index is 0.0556. The lowest BCUT2D eigenvalue weighted by atomic mass is 10.2. The Morgan fingerprint density at radius 2 is 1.50 bits per heavy atom. The summed E-state index contributed by atoms with van der Waals surface area (Å²) in [5.41, 5.74) is 0.609. The van der Waals surface area contributed by atoms with Gasteiger partial charge in [-0.15, -0.1) is 0 Å². The van der Waals surface area contributed by atoms with E-state index >= 15 is 0 Å². The number of rotatable bonds is 3. The van der Waals surface area contributed by atoms with Crippen molar-refractivity contribution in [1.29, 1.82) is 0 Å². The second kappa shape index (κ2) is 4.29. The Balaban J connectivity index is 4.52. The van der Waals surface area contributed by atoms with Gasteiger partial charge in [0, 0.05) is 17.7 Å². The van der Waals surface area contributed by atoms with E-state index in [-0.39, 0.29) is 18.0 Å². The second-order valence-electron chi connectivity index (χ2n) is 3.68. The summed E-state index contributed by atoms with van der Waals surface area (Å²) in [4.78, 5) is 13.4. The molecule has 2 heteroatoms. The normalized spacial score (nSPS) is 10.6. The van der Waals surface area contributed by atoms with Crippen LogP contribution in [-0.2, 0) is 4.79 Å². The lowest BCUT2D eigenvalue weighted by molar-refractivity contribution is -0.130. The van der Waals surface area contributed by atoms with Gasteiger partial charge in [0.05, 0.1) is 0 Å². The van der Waals surface area contributed by atoms with Gasteiger partial charge in [0.15, 0.2) is 0 Å². The van der Waals surface area contributed by atoms with E-state index in [1.807, 2.05) is 32.6 Å². The molecule has 70 valence electrons. The Labute approximate surface area is 75.3 Å². The molecule has 12 heavy (non-hydrogen) atoms. The van der Waals surface area contributed by atoms with Crippen LogP contribution in [0.25, 0.3) is 0 Å². The van der Waals surface area contributed by atoms with Crippen LogP contribution in [0.1, 0.15) is 34.6 Å². The molecule has 0 atom stereocenters. The fourth-order valence-electron chi connectivity index (χ4n) is 1.29. The Morgan fingerprint density at radius 3 is 1.58 bits per heavy atom. The Morgan fingerprint density at radius 1 is 1.17 bits per heavy atom. The summed E-state index contributed by atoms with van der Waals surface area (Å²) in [6.07, 6.45) is 0. The van der Waals surface area contributed by atoms with Crippen molar-refractivity contribution in [2.24, 2.45) is 0 Å². The van der Waals surface area contributed by atoms with Crippen LogP contribution in [0, 0.1) is 0 Å². The van der Waals surface area contributed by atoms with Gasteiger partial charge >= 0.3 is 0 Å². The highest BCUT2D eigenvalue weighted by Crippen LogP contribution is 2.08. The summed E-state index contributed by atoms with van der Waals surface area (Å²) in [5, 5.41) is 0. The summed E-state index contributed by atoms with van der Waals surface area (Å²) in [7, 11) is 0. The van der Waals surface area contributed by atoms with Crippen molar-refractivity contribution in [1.82, 2.24) is 4.90 Å². The van der Waals surface area contributed by atoms with E-state index in [4.69, 9.17) is 0 Å². The van der Waals surface area contributed by atoms with Crippen LogP contribution in [-0.4, -0.2) is 22.9 Å². The fourth-order valence-corrected chi connectivity index (χ4v) is 1.29. The number of nitrogens with zero attached hydrogens (tertiary/aromatic N) is 1. The molecule has 0 heterocycles. The average molecular weight is 169 g/mol. The lowest BCUT2D eigenvalue weighted by Gasteiger charge is -2.30. The summed E-state index contributed by atoms with van der Waals surface area (Å²) in [6.45, 7) is 13.5. The van der Waals surface area contributed by atoms with Crippen molar-refractivity contribution in [2.75, 3.05) is 0 Å². The zero-order valence-electron chi connectivity index (χ0n) is 8.72. The molecule has 0 aliphatic carbocycles. The Hall–Kier alpha value is -0.790. The third kappa shape index (κ3) is 2.68. The van der Waals surface area contributed by atoms with Crippen molar-refractivity contribution >= 4 is 5.91 Å². The molecule has 0 spiro atoms. The molecule has 0 aliphatic heterocycles. The largest absolute Gasteiger partial charge is 0.334 e. The van der Waals surface area contributed by atoms with Crippen molar-refractivity contribution in [2.45, 2.75) is 46.7 Å². The zero-order chi connectivity index (χ0) is 9.89. The molecule has 0 saturated heterocycles. The van der Waals surface area contributed by atoms with Crippen LogP contribution in [0.15, 0.2) is 12.2 Å². The van der Waals surface area contributed by atoms with E-state index in [2.05, 4.69) is 6.58 Å². The van der Waals surface area contributed by atoms with E-state index in [1.54, 1.807) is 6.92 Å². The predicted octanol–water partition coefficient (Wildman–Crippen LogP) is 2.21. The van der Waals surface area contributed by atoms with Gasteiger partial charge in [-0.3, -0.25) is 4.79 Å². The highest BCUT2D eigenvalue weighted by molar-refractivity contribution is 5.92. The Kier molecular flexibility index (Phi) is 4.01. The molecular formula is C10H19NO. The highest BCUT2D eigenvalue weighted by atomic mass is 16.2. The molecule has 0 bridgehead atoms. The maximum Gasteiger partial charge on any atom is 0.249 e. The van der Waals surface area contributed by atoms with Crippen molar-refractivity contribution in [3.8, 4) is 0 Å². The first-order valence-corrected chi connectivity index (χ1v) is 4.36. The third-order valence-corrected chi connectivity index (χ3v) is 1.71. The highest BCUT2D eigenvalue weighted by Gasteiger charge is 2.19. The van der Waals surface area contributed by atoms with Crippen LogP contribution < -0.4 is 0 Å². The molecule has 0 radical (unpaired) electrons. The van der Waals surface area contributed by atoms with Gasteiger partial charge in [-0.05, 0) is 34.6 Å². The minimum atomic E-state index is 0.0556. The SMILES string of the molecule is C=C(C)C(=O)N(C(C)C)C(C)C. The van der Waals surface area contributed by atoms with Crippen molar-refractivity contribution in [3.05, 3.63) is 12.2 Å². The average Bonchev–Trinajstić information content (AvgIpc) is 1.85. The first kappa shape index (κ1) is 11.2. The maximum atomic E-state index is 11.6. The van der Waals surface area contributed by atoms with Crippen LogP contribution in [0.3, 0.4) is 0 Å². The molecule has 2 nitrogen and oxygen atoms in total. The topological polar surface area (TPSA) is 20.3 Å². The molecule has 0 aromatic heterocycles. The standard InChI is InChI=1S/C10H19NO/c1-7(2)10(12)11(8(3)4)9(5)6/h8-9H,1H2,2-6H3. The van der Waals surface area contributed by atoms with Gasteiger partial charge in [0.2, 0.25) is 5.91 Å². The molecule has 0 unspecified atom stereocenters. The fraction of sp³-hybridized carbons (Fsp3) is 0.700. The number of hydrogen-bond donors (Lipinski definition) is 0. The zero-order valence-corrected chi connectivity index (χ0v) is 8.72. The monoisotopic (exact) mass is 169 g/mol. The summed E-state index contributed by atoms with van der Waals surface area (Å²) < 4.78 is 0. The number of carbonyl (C=O) groups excluding carboxylic acids is 1. The van der Waals surface area contributed by atoms with Gasteiger partial charge in [-0.1, -0.05) is 6.58 Å². The minimum Gasteiger partial charge on any atom is -0.334 e. The second-order valence-corrected chi connectivity index (χ2v) is 3.68. The van der Waals surface area contributed by atoms with E-state index in [0.717, 1.165) is 0 Å². The van der Waals surface area contributed by atoms with Crippen LogP contribution >= 0.6 is 0 Å². The summed E-state index contributed by atoms with van der Waals surface area (Å²) in [5.74, 6) is 0.0556. The summed E-state index contributed by atoms with van der Waals surface area (Å²) >= 11 is 0. The van der Waals surface area contributed by atoms with Gasteiger partial charge < -0.3 is 4.90 Å². The van der Waals surface area contributed by atoms with Crippen molar-refractivity contribution < 1.29 is 4.79 Å². The van der Waals surface area contributed by atoms with Crippen LogP contribution in [0.2, 0.25) is 0 Å².